The number of fused-ring (bicyclic) bond motifs is 1. The van der Waals surface area contributed by atoms with Crippen molar-refractivity contribution in [2.24, 2.45) is 0 Å². The molecular formula is C16H16BrN5O2. The Balaban J connectivity index is 1.98. The van der Waals surface area contributed by atoms with Crippen LogP contribution in [0.4, 0.5) is 0 Å². The van der Waals surface area contributed by atoms with Crippen molar-refractivity contribution in [3.8, 4) is 0 Å². The third kappa shape index (κ3) is 2.96. The Morgan fingerprint density at radius 1 is 1.29 bits per heavy atom. The van der Waals surface area contributed by atoms with E-state index in [1.54, 1.807) is 22.9 Å². The van der Waals surface area contributed by atoms with E-state index in [4.69, 9.17) is 0 Å². The third-order valence-corrected chi connectivity index (χ3v) is 3.93. The second-order valence-corrected chi connectivity index (χ2v) is 7.25. The molecule has 1 N–H and O–H groups in total. The van der Waals surface area contributed by atoms with Gasteiger partial charge >= 0.3 is 0 Å². The van der Waals surface area contributed by atoms with E-state index in [2.05, 4.69) is 31.4 Å². The predicted molar refractivity (Wildman–Crippen MR) is 94.6 cm³/mol. The molecule has 0 spiro atoms. The second kappa shape index (κ2) is 5.86. The van der Waals surface area contributed by atoms with E-state index < -0.39 is 5.91 Å². The molecule has 124 valence electrons. The number of carbonyl (C=O) groups excluding carboxylic acids is 1. The largest absolute Gasteiger partial charge is 0.283 e. The lowest BCUT2D eigenvalue weighted by atomic mass is 10.1. The Bertz CT molecular complexity index is 984. The predicted octanol–water partition coefficient (Wildman–Crippen LogP) is 2.49. The second-order valence-electron chi connectivity index (χ2n) is 6.34. The number of rotatable bonds is 2. The van der Waals surface area contributed by atoms with Crippen LogP contribution in [-0.2, 0) is 5.54 Å². The van der Waals surface area contributed by atoms with E-state index in [0.29, 0.717) is 16.6 Å². The number of nitrogens with zero attached hydrogens (tertiary/aromatic N) is 4. The van der Waals surface area contributed by atoms with E-state index >= 15 is 0 Å². The summed E-state index contributed by atoms with van der Waals surface area (Å²) in [5, 5.41) is 4.59. The first-order valence-electron chi connectivity index (χ1n) is 7.30. The van der Waals surface area contributed by atoms with Gasteiger partial charge in [-0.15, -0.1) is 0 Å². The summed E-state index contributed by atoms with van der Waals surface area (Å²) in [6.07, 6.45) is 2.77. The van der Waals surface area contributed by atoms with Gasteiger partial charge in [0, 0.05) is 10.0 Å². The molecule has 0 aliphatic heterocycles. The first-order chi connectivity index (χ1) is 11.3. The number of nitrogens with one attached hydrogen (secondary N) is 1. The Labute approximate surface area is 146 Å². The maximum absolute atomic E-state index is 12.5. The minimum atomic E-state index is -0.400. The maximum atomic E-state index is 12.5. The monoisotopic (exact) mass is 389 g/mol. The molecule has 0 saturated heterocycles. The Morgan fingerprint density at radius 2 is 2.04 bits per heavy atom. The minimum Gasteiger partial charge on any atom is -0.267 e. The van der Waals surface area contributed by atoms with Crippen molar-refractivity contribution in [2.75, 3.05) is 5.43 Å². The van der Waals surface area contributed by atoms with E-state index in [1.165, 1.54) is 12.5 Å². The van der Waals surface area contributed by atoms with Crippen LogP contribution in [-0.4, -0.2) is 25.3 Å². The van der Waals surface area contributed by atoms with Crippen molar-refractivity contribution < 1.29 is 4.79 Å². The minimum absolute atomic E-state index is 0.299. The molecule has 3 aromatic rings. The summed E-state index contributed by atoms with van der Waals surface area (Å²) in [4.78, 5) is 29.1. The Hall–Kier alpha value is -2.48. The van der Waals surface area contributed by atoms with Crippen molar-refractivity contribution >= 4 is 32.9 Å². The van der Waals surface area contributed by atoms with Gasteiger partial charge in [0.05, 0.1) is 11.7 Å². The zero-order valence-electron chi connectivity index (χ0n) is 13.4. The van der Waals surface area contributed by atoms with Crippen molar-refractivity contribution in [2.45, 2.75) is 26.3 Å². The van der Waals surface area contributed by atoms with Gasteiger partial charge in [0.1, 0.15) is 11.7 Å². The highest BCUT2D eigenvalue weighted by Crippen LogP contribution is 2.17. The van der Waals surface area contributed by atoms with Crippen LogP contribution < -0.4 is 11.0 Å². The van der Waals surface area contributed by atoms with Crippen LogP contribution in [0.1, 0.15) is 31.1 Å². The molecule has 0 aliphatic rings. The molecule has 0 aliphatic carbocycles. The van der Waals surface area contributed by atoms with Crippen LogP contribution in [0.25, 0.3) is 11.0 Å². The van der Waals surface area contributed by atoms with Crippen molar-refractivity contribution in [3.05, 3.63) is 57.2 Å². The van der Waals surface area contributed by atoms with Crippen molar-refractivity contribution in [3.63, 3.8) is 0 Å². The molecule has 7 nitrogen and oxygen atoms in total. The Kier molecular flexibility index (Phi) is 4.00. The van der Waals surface area contributed by atoms with Crippen LogP contribution in [0.2, 0.25) is 0 Å². The number of halogens is 1. The lowest BCUT2D eigenvalue weighted by Crippen LogP contribution is -2.33. The van der Waals surface area contributed by atoms with E-state index in [1.807, 2.05) is 26.8 Å². The number of carbonyl (C=O) groups is 1. The fourth-order valence-electron chi connectivity index (χ4n) is 2.29. The highest BCUT2D eigenvalue weighted by molar-refractivity contribution is 9.10. The molecule has 1 amide bonds. The zero-order valence-corrected chi connectivity index (χ0v) is 15.0. The lowest BCUT2D eigenvalue weighted by molar-refractivity contribution is 0.101. The maximum Gasteiger partial charge on any atom is 0.283 e. The van der Waals surface area contributed by atoms with Gasteiger partial charge in [0.15, 0.2) is 5.65 Å². The smallest absolute Gasteiger partial charge is 0.267 e. The van der Waals surface area contributed by atoms with Crippen molar-refractivity contribution in [1.82, 2.24) is 19.4 Å². The fraction of sp³-hybridized carbons (Fsp3) is 0.250. The fourth-order valence-corrected chi connectivity index (χ4v) is 2.69. The summed E-state index contributed by atoms with van der Waals surface area (Å²) in [5.74, 6) is -0.400. The first kappa shape index (κ1) is 16.4. The molecule has 2 heterocycles. The molecule has 0 atom stereocenters. The zero-order chi connectivity index (χ0) is 17.5. The molecule has 1 aromatic carbocycles. The number of amides is 1. The molecule has 24 heavy (non-hydrogen) atoms. The average Bonchev–Trinajstić information content (AvgIpc) is 2.95. The first-order valence-corrected chi connectivity index (χ1v) is 8.09. The molecule has 0 radical (unpaired) electrons. The highest BCUT2D eigenvalue weighted by atomic mass is 79.9. The molecule has 0 saturated carbocycles. The molecule has 0 unspecified atom stereocenters. The van der Waals surface area contributed by atoms with Gasteiger partial charge in [-0.2, -0.15) is 5.10 Å². The summed E-state index contributed by atoms with van der Waals surface area (Å²) >= 11 is 3.31. The SMILES string of the molecule is CC(C)(C)n1ncc2c(=O)n(NC(=O)c3cccc(Br)c3)cnc21. The van der Waals surface area contributed by atoms with Gasteiger partial charge in [-0.25, -0.2) is 14.3 Å². The van der Waals surface area contributed by atoms with E-state index in [0.717, 1.165) is 9.15 Å². The number of aromatic nitrogens is 4. The number of benzene rings is 1. The molecule has 8 heteroatoms. The summed E-state index contributed by atoms with van der Waals surface area (Å²) in [7, 11) is 0. The van der Waals surface area contributed by atoms with Crippen LogP contribution >= 0.6 is 15.9 Å². The quantitative estimate of drug-likeness (QED) is 0.729. The summed E-state index contributed by atoms with van der Waals surface area (Å²) in [6, 6.07) is 6.90. The highest BCUT2D eigenvalue weighted by Gasteiger charge is 2.20. The molecule has 2 aromatic heterocycles. The topological polar surface area (TPSA) is 81.8 Å². The van der Waals surface area contributed by atoms with Gasteiger partial charge in [-0.1, -0.05) is 22.0 Å². The Morgan fingerprint density at radius 3 is 2.71 bits per heavy atom. The molecule has 0 fully saturated rings. The summed E-state index contributed by atoms with van der Waals surface area (Å²) in [6.45, 7) is 5.92. The lowest BCUT2D eigenvalue weighted by Gasteiger charge is -2.19. The van der Waals surface area contributed by atoms with Crippen LogP contribution in [0.15, 0.2) is 46.1 Å². The average molecular weight is 390 g/mol. The summed E-state index contributed by atoms with van der Waals surface area (Å²) < 4.78 is 3.53. The van der Waals surface area contributed by atoms with Gasteiger partial charge < -0.3 is 0 Å². The normalized spacial score (nSPS) is 11.7. The van der Waals surface area contributed by atoms with Crippen molar-refractivity contribution in [1.29, 1.82) is 0 Å². The van der Waals surface area contributed by atoms with Gasteiger partial charge in [0.25, 0.3) is 11.5 Å². The number of hydrogen-bond donors (Lipinski definition) is 1. The van der Waals surface area contributed by atoms with Gasteiger partial charge in [-0.3, -0.25) is 15.0 Å². The number of hydrogen-bond acceptors (Lipinski definition) is 4. The summed E-state index contributed by atoms with van der Waals surface area (Å²) in [5.41, 5.74) is 2.78. The van der Waals surface area contributed by atoms with E-state index in [-0.39, 0.29) is 11.1 Å². The third-order valence-electron chi connectivity index (χ3n) is 3.43. The molecule has 3 rings (SSSR count). The standard InChI is InChI=1S/C16H16BrN5O2/c1-16(2,3)22-13-12(8-19-22)15(24)21(9-18-13)20-14(23)10-5-4-6-11(17)7-10/h4-9H,1-3H3,(H,20,23). The van der Waals surface area contributed by atoms with Crippen LogP contribution in [0.5, 0.6) is 0 Å². The van der Waals surface area contributed by atoms with Crippen LogP contribution in [0.3, 0.4) is 0 Å². The van der Waals surface area contributed by atoms with Crippen LogP contribution in [0, 0.1) is 0 Å². The van der Waals surface area contributed by atoms with Gasteiger partial charge in [-0.05, 0) is 39.0 Å². The molecular weight excluding hydrogens is 374 g/mol. The van der Waals surface area contributed by atoms with E-state index in [9.17, 15) is 9.59 Å². The molecule has 0 bridgehead atoms. The van der Waals surface area contributed by atoms with Gasteiger partial charge in [0.2, 0.25) is 0 Å².